The topological polar surface area (TPSA) is 38.9 Å². The summed E-state index contributed by atoms with van der Waals surface area (Å²) in [6.07, 6.45) is 7.09. The molecule has 0 aromatic carbocycles. The quantitative estimate of drug-likeness (QED) is 0.868. The normalized spacial score (nSPS) is 20.5. The van der Waals surface area contributed by atoms with Crippen LogP contribution in [0.15, 0.2) is 5.38 Å². The summed E-state index contributed by atoms with van der Waals surface area (Å²) in [5.74, 6) is 0. The molecule has 0 bridgehead atoms. The Morgan fingerprint density at radius 2 is 1.94 bits per heavy atom. The van der Waals surface area contributed by atoms with Crippen molar-refractivity contribution in [3.8, 4) is 0 Å². The fourth-order valence-corrected chi connectivity index (χ4v) is 3.72. The number of aromatic nitrogens is 1. The Kier molecular flexibility index (Phi) is 3.60. The zero-order chi connectivity index (χ0) is 12.5. The van der Waals surface area contributed by atoms with E-state index >= 15 is 0 Å². The average molecular weight is 252 g/mol. The maximum absolute atomic E-state index is 6.50. The van der Waals surface area contributed by atoms with Crippen molar-refractivity contribution in [3.05, 3.63) is 16.1 Å². The van der Waals surface area contributed by atoms with Gasteiger partial charge in [-0.1, -0.05) is 40.0 Å². The van der Waals surface area contributed by atoms with E-state index in [1.165, 1.54) is 24.3 Å². The van der Waals surface area contributed by atoms with Gasteiger partial charge in [-0.3, -0.25) is 0 Å². The molecule has 2 nitrogen and oxygen atoms in total. The maximum atomic E-state index is 6.50. The van der Waals surface area contributed by atoms with Crippen LogP contribution in [0.25, 0.3) is 0 Å². The minimum atomic E-state index is -0.134. The Bertz CT molecular complexity index is 370. The van der Waals surface area contributed by atoms with Crippen LogP contribution < -0.4 is 5.73 Å². The third-order valence-electron chi connectivity index (χ3n) is 3.49. The van der Waals surface area contributed by atoms with Crippen LogP contribution in [0.5, 0.6) is 0 Å². The summed E-state index contributed by atoms with van der Waals surface area (Å²) in [5.41, 5.74) is 7.82. The van der Waals surface area contributed by atoms with Crippen molar-refractivity contribution in [1.29, 1.82) is 0 Å². The first kappa shape index (κ1) is 13.0. The van der Waals surface area contributed by atoms with Gasteiger partial charge in [-0.2, -0.15) is 0 Å². The lowest BCUT2D eigenvalue weighted by Crippen LogP contribution is -2.39. The van der Waals surface area contributed by atoms with Gasteiger partial charge in [0.05, 0.1) is 16.2 Å². The second-order valence-electron chi connectivity index (χ2n) is 6.58. The Balaban J connectivity index is 2.12. The van der Waals surface area contributed by atoms with E-state index in [1.54, 1.807) is 11.3 Å². The first-order chi connectivity index (χ1) is 7.89. The summed E-state index contributed by atoms with van der Waals surface area (Å²) in [6.45, 7) is 6.77. The molecular weight excluding hydrogens is 228 g/mol. The number of nitrogens with zero attached hydrogens (tertiary/aromatic N) is 1. The molecule has 0 spiro atoms. The van der Waals surface area contributed by atoms with E-state index in [1.807, 2.05) is 0 Å². The van der Waals surface area contributed by atoms with Gasteiger partial charge in [-0.15, -0.1) is 11.3 Å². The molecule has 3 heteroatoms. The molecule has 17 heavy (non-hydrogen) atoms. The number of nitrogens with two attached hydrogens (primary N) is 1. The monoisotopic (exact) mass is 252 g/mol. The molecule has 1 aromatic rings. The zero-order valence-corrected chi connectivity index (χ0v) is 12.1. The molecule has 2 N–H and O–H groups in total. The Labute approximate surface area is 109 Å². The summed E-state index contributed by atoms with van der Waals surface area (Å²) < 4.78 is 0. The lowest BCUT2D eigenvalue weighted by atomic mass is 9.80. The number of rotatable bonds is 2. The summed E-state index contributed by atoms with van der Waals surface area (Å²) in [4.78, 5) is 4.78. The molecule has 1 fully saturated rings. The number of hydrogen-bond acceptors (Lipinski definition) is 3. The molecule has 0 radical (unpaired) electrons. The highest BCUT2D eigenvalue weighted by Crippen LogP contribution is 2.35. The van der Waals surface area contributed by atoms with E-state index in [0.29, 0.717) is 5.41 Å². The van der Waals surface area contributed by atoms with Gasteiger partial charge in [-0.05, 0) is 18.3 Å². The Morgan fingerprint density at radius 1 is 1.29 bits per heavy atom. The molecule has 1 aromatic heterocycles. The van der Waals surface area contributed by atoms with Crippen LogP contribution in [0, 0.1) is 5.41 Å². The molecule has 1 aliphatic carbocycles. The van der Waals surface area contributed by atoms with E-state index in [4.69, 9.17) is 10.7 Å². The molecule has 0 aliphatic heterocycles. The minimum absolute atomic E-state index is 0.134. The van der Waals surface area contributed by atoms with Crippen molar-refractivity contribution in [2.75, 3.05) is 0 Å². The molecule has 0 saturated heterocycles. The smallest absolute Gasteiger partial charge is 0.0934 e. The van der Waals surface area contributed by atoms with Crippen LogP contribution in [0.4, 0.5) is 0 Å². The highest BCUT2D eigenvalue weighted by atomic mass is 32.1. The highest BCUT2D eigenvalue weighted by Gasteiger charge is 2.31. The van der Waals surface area contributed by atoms with Gasteiger partial charge >= 0.3 is 0 Å². The average Bonchev–Trinajstić information content (AvgIpc) is 2.65. The standard InChI is InChI=1S/C14H24N2S/c1-13(2,3)9-12-16-11(10-17-12)14(15)7-5-4-6-8-14/h10H,4-9,15H2,1-3H3. The summed E-state index contributed by atoms with van der Waals surface area (Å²) >= 11 is 1.78. The van der Waals surface area contributed by atoms with Crippen LogP contribution >= 0.6 is 11.3 Å². The summed E-state index contributed by atoms with van der Waals surface area (Å²) in [7, 11) is 0. The molecular formula is C14H24N2S. The fourth-order valence-electron chi connectivity index (χ4n) is 2.51. The van der Waals surface area contributed by atoms with E-state index in [-0.39, 0.29) is 5.54 Å². The van der Waals surface area contributed by atoms with Crippen molar-refractivity contribution in [2.45, 2.75) is 64.8 Å². The third-order valence-corrected chi connectivity index (χ3v) is 4.34. The van der Waals surface area contributed by atoms with E-state index in [9.17, 15) is 0 Å². The predicted molar refractivity (Wildman–Crippen MR) is 74.2 cm³/mol. The SMILES string of the molecule is CC(C)(C)Cc1nc(C2(N)CCCCC2)cs1. The second-order valence-corrected chi connectivity index (χ2v) is 7.52. The second kappa shape index (κ2) is 4.69. The maximum Gasteiger partial charge on any atom is 0.0934 e. The fraction of sp³-hybridized carbons (Fsp3) is 0.786. The van der Waals surface area contributed by atoms with Crippen molar-refractivity contribution in [3.63, 3.8) is 0 Å². The molecule has 96 valence electrons. The first-order valence-electron chi connectivity index (χ1n) is 6.63. The van der Waals surface area contributed by atoms with Crippen LogP contribution in [0.2, 0.25) is 0 Å². The van der Waals surface area contributed by atoms with Crippen molar-refractivity contribution in [1.82, 2.24) is 4.98 Å². The molecule has 2 rings (SSSR count). The molecule has 1 aliphatic rings. The number of thiazole rings is 1. The van der Waals surface area contributed by atoms with Crippen molar-refractivity contribution < 1.29 is 0 Å². The van der Waals surface area contributed by atoms with E-state index in [0.717, 1.165) is 25.0 Å². The van der Waals surface area contributed by atoms with Gasteiger partial charge in [0.1, 0.15) is 0 Å². The first-order valence-corrected chi connectivity index (χ1v) is 7.51. The van der Waals surface area contributed by atoms with Crippen LogP contribution in [0.1, 0.15) is 63.6 Å². The van der Waals surface area contributed by atoms with Gasteiger partial charge in [-0.25, -0.2) is 4.98 Å². The molecule has 1 saturated carbocycles. The lowest BCUT2D eigenvalue weighted by Gasteiger charge is -2.31. The summed E-state index contributed by atoms with van der Waals surface area (Å²) in [6, 6.07) is 0. The van der Waals surface area contributed by atoms with E-state index in [2.05, 4.69) is 26.2 Å². The van der Waals surface area contributed by atoms with Gasteiger partial charge in [0.2, 0.25) is 0 Å². The molecule has 0 atom stereocenters. The van der Waals surface area contributed by atoms with Crippen LogP contribution in [-0.2, 0) is 12.0 Å². The largest absolute Gasteiger partial charge is 0.320 e. The van der Waals surface area contributed by atoms with Crippen molar-refractivity contribution in [2.24, 2.45) is 11.1 Å². The van der Waals surface area contributed by atoms with Crippen LogP contribution in [0.3, 0.4) is 0 Å². The Hall–Kier alpha value is -0.410. The molecule has 0 unspecified atom stereocenters. The van der Waals surface area contributed by atoms with Gasteiger partial charge in [0.25, 0.3) is 0 Å². The van der Waals surface area contributed by atoms with Crippen LogP contribution in [-0.4, -0.2) is 4.98 Å². The Morgan fingerprint density at radius 3 is 2.53 bits per heavy atom. The third kappa shape index (κ3) is 3.29. The molecule has 1 heterocycles. The van der Waals surface area contributed by atoms with Gasteiger partial charge in [0, 0.05) is 11.8 Å². The van der Waals surface area contributed by atoms with E-state index < -0.39 is 0 Å². The predicted octanol–water partition coefficient (Wildman–Crippen LogP) is 3.85. The zero-order valence-electron chi connectivity index (χ0n) is 11.3. The summed E-state index contributed by atoms with van der Waals surface area (Å²) in [5, 5.41) is 3.43. The molecule has 0 amide bonds. The lowest BCUT2D eigenvalue weighted by molar-refractivity contribution is 0.295. The van der Waals surface area contributed by atoms with Gasteiger partial charge < -0.3 is 5.73 Å². The number of hydrogen-bond donors (Lipinski definition) is 1. The minimum Gasteiger partial charge on any atom is -0.320 e. The van der Waals surface area contributed by atoms with Gasteiger partial charge in [0.15, 0.2) is 0 Å². The van der Waals surface area contributed by atoms with Crippen molar-refractivity contribution >= 4 is 11.3 Å². The highest BCUT2D eigenvalue weighted by molar-refractivity contribution is 7.09.